The lowest BCUT2D eigenvalue weighted by molar-refractivity contribution is 0.102. The lowest BCUT2D eigenvalue weighted by Gasteiger charge is -2.07. The molecule has 0 saturated heterocycles. The number of rotatable bonds is 4. The standard InChI is InChI=1S/C22H14Cl2FN5O2/c1-10-26-19-18-16(28-22(30-18)29-17-14(23)3-2-4-15(17)24)9-13(20(19)32-10)21(31)27-12-7-5-11(25)6-8-12/h2-9H,1H3,(H,27,31)(H2,28,29,30). The number of fused-ring (bicyclic) bond motifs is 3. The maximum Gasteiger partial charge on any atom is 0.259 e. The maximum atomic E-state index is 13.2. The number of hydrogen-bond acceptors (Lipinski definition) is 5. The second-order valence-electron chi connectivity index (χ2n) is 7.00. The average molecular weight is 470 g/mol. The quantitative estimate of drug-likeness (QED) is 0.280. The fraction of sp³-hybridized carbons (Fsp3) is 0.0455. The van der Waals surface area contributed by atoms with Gasteiger partial charge in [0.2, 0.25) is 5.95 Å². The molecule has 160 valence electrons. The Balaban J connectivity index is 1.58. The van der Waals surface area contributed by atoms with E-state index in [1.165, 1.54) is 24.3 Å². The minimum absolute atomic E-state index is 0.253. The lowest BCUT2D eigenvalue weighted by atomic mass is 10.1. The number of aromatic amines is 1. The smallest absolute Gasteiger partial charge is 0.259 e. The van der Waals surface area contributed by atoms with E-state index in [9.17, 15) is 9.18 Å². The molecular formula is C22H14Cl2FN5O2. The van der Waals surface area contributed by atoms with Crippen LogP contribution in [-0.4, -0.2) is 20.9 Å². The minimum Gasteiger partial charge on any atom is -0.440 e. The Kier molecular flexibility index (Phi) is 4.96. The summed E-state index contributed by atoms with van der Waals surface area (Å²) in [5.74, 6) is -0.0743. The molecule has 7 nitrogen and oxygen atoms in total. The van der Waals surface area contributed by atoms with Crippen LogP contribution < -0.4 is 10.6 Å². The van der Waals surface area contributed by atoms with E-state index in [0.29, 0.717) is 55.4 Å². The molecule has 2 aromatic heterocycles. The summed E-state index contributed by atoms with van der Waals surface area (Å²) >= 11 is 12.5. The molecule has 0 bridgehead atoms. The second-order valence-corrected chi connectivity index (χ2v) is 7.81. The number of halogens is 3. The van der Waals surface area contributed by atoms with Crippen molar-refractivity contribution in [1.82, 2.24) is 15.0 Å². The minimum atomic E-state index is -0.432. The van der Waals surface area contributed by atoms with Gasteiger partial charge in [-0.05, 0) is 42.5 Å². The molecule has 3 aromatic carbocycles. The number of nitrogens with one attached hydrogen (secondary N) is 3. The number of benzene rings is 3. The highest BCUT2D eigenvalue weighted by Gasteiger charge is 2.21. The van der Waals surface area contributed by atoms with Crippen molar-refractivity contribution in [1.29, 1.82) is 0 Å². The van der Waals surface area contributed by atoms with Crippen molar-refractivity contribution >= 4 is 68.6 Å². The predicted octanol–water partition coefficient (Wildman–Crippen LogP) is 6.45. The fourth-order valence-corrected chi connectivity index (χ4v) is 3.84. The summed E-state index contributed by atoms with van der Waals surface area (Å²) in [6.45, 7) is 1.68. The van der Waals surface area contributed by atoms with E-state index in [1.807, 2.05) is 0 Å². The van der Waals surface area contributed by atoms with Gasteiger partial charge in [0.15, 0.2) is 11.5 Å². The molecule has 32 heavy (non-hydrogen) atoms. The highest BCUT2D eigenvalue weighted by Crippen LogP contribution is 2.34. The number of oxazole rings is 1. The first kappa shape index (κ1) is 20.3. The third-order valence-electron chi connectivity index (χ3n) is 4.78. The van der Waals surface area contributed by atoms with E-state index in [1.54, 1.807) is 31.2 Å². The first-order valence-corrected chi connectivity index (χ1v) is 10.2. The Morgan fingerprint density at radius 1 is 1.06 bits per heavy atom. The molecule has 3 N–H and O–H groups in total. The number of hydrogen-bond donors (Lipinski definition) is 3. The molecule has 2 heterocycles. The van der Waals surface area contributed by atoms with E-state index < -0.39 is 11.7 Å². The number of amides is 1. The monoisotopic (exact) mass is 469 g/mol. The van der Waals surface area contributed by atoms with Gasteiger partial charge in [-0.25, -0.2) is 14.4 Å². The Morgan fingerprint density at radius 2 is 1.78 bits per heavy atom. The Bertz CT molecular complexity index is 1470. The van der Waals surface area contributed by atoms with E-state index in [0.717, 1.165) is 0 Å². The maximum absolute atomic E-state index is 13.2. The molecule has 0 aliphatic heterocycles. The van der Waals surface area contributed by atoms with Crippen molar-refractivity contribution in [3.8, 4) is 0 Å². The van der Waals surface area contributed by atoms with Gasteiger partial charge < -0.3 is 20.0 Å². The summed E-state index contributed by atoms with van der Waals surface area (Å²) in [6, 6.07) is 12.2. The van der Waals surface area contributed by atoms with Crippen molar-refractivity contribution in [2.24, 2.45) is 0 Å². The fourth-order valence-electron chi connectivity index (χ4n) is 3.35. The van der Waals surface area contributed by atoms with Crippen LogP contribution in [0.2, 0.25) is 10.0 Å². The topological polar surface area (TPSA) is 95.8 Å². The molecule has 0 radical (unpaired) electrons. The van der Waals surface area contributed by atoms with Gasteiger partial charge in [0.05, 0.1) is 26.8 Å². The number of anilines is 3. The van der Waals surface area contributed by atoms with Gasteiger partial charge in [0.1, 0.15) is 16.9 Å². The molecular weight excluding hydrogens is 456 g/mol. The Hall–Kier alpha value is -3.62. The summed E-state index contributed by atoms with van der Waals surface area (Å²) in [4.78, 5) is 25.0. The molecule has 0 aliphatic rings. The second kappa shape index (κ2) is 7.81. The van der Waals surface area contributed by atoms with Gasteiger partial charge in [0.25, 0.3) is 5.91 Å². The van der Waals surface area contributed by atoms with Gasteiger partial charge in [-0.2, -0.15) is 0 Å². The first-order chi connectivity index (χ1) is 15.4. The van der Waals surface area contributed by atoms with Crippen molar-refractivity contribution < 1.29 is 13.6 Å². The van der Waals surface area contributed by atoms with Gasteiger partial charge in [-0.1, -0.05) is 29.3 Å². The van der Waals surface area contributed by atoms with E-state index in [4.69, 9.17) is 27.6 Å². The van der Waals surface area contributed by atoms with Crippen molar-refractivity contribution in [2.75, 3.05) is 10.6 Å². The van der Waals surface area contributed by atoms with Crippen LogP contribution in [0, 0.1) is 12.7 Å². The van der Waals surface area contributed by atoms with Gasteiger partial charge >= 0.3 is 0 Å². The number of carbonyl (C=O) groups is 1. The van der Waals surface area contributed by atoms with Crippen molar-refractivity contribution in [2.45, 2.75) is 6.92 Å². The molecule has 0 saturated carbocycles. The average Bonchev–Trinajstić information content (AvgIpc) is 3.34. The summed E-state index contributed by atoms with van der Waals surface area (Å²) in [5, 5.41) is 6.67. The number of nitrogens with zero attached hydrogens (tertiary/aromatic N) is 2. The molecule has 0 aliphatic carbocycles. The van der Waals surface area contributed by atoms with Crippen LogP contribution in [0.5, 0.6) is 0 Å². The van der Waals surface area contributed by atoms with E-state index >= 15 is 0 Å². The summed E-state index contributed by atoms with van der Waals surface area (Å²) in [7, 11) is 0. The zero-order valence-electron chi connectivity index (χ0n) is 16.5. The van der Waals surface area contributed by atoms with Gasteiger partial charge in [-0.3, -0.25) is 4.79 Å². The van der Waals surface area contributed by atoms with Crippen LogP contribution in [0.1, 0.15) is 16.2 Å². The zero-order valence-corrected chi connectivity index (χ0v) is 18.0. The van der Waals surface area contributed by atoms with Crippen LogP contribution >= 0.6 is 23.2 Å². The highest BCUT2D eigenvalue weighted by molar-refractivity contribution is 6.39. The van der Waals surface area contributed by atoms with Crippen LogP contribution in [0.3, 0.4) is 0 Å². The highest BCUT2D eigenvalue weighted by atomic mass is 35.5. The van der Waals surface area contributed by atoms with Gasteiger partial charge in [0, 0.05) is 12.6 Å². The predicted molar refractivity (Wildman–Crippen MR) is 122 cm³/mol. The molecule has 0 atom stereocenters. The molecule has 1 amide bonds. The number of carbonyl (C=O) groups excluding carboxylic acids is 1. The third-order valence-corrected chi connectivity index (χ3v) is 5.41. The van der Waals surface area contributed by atoms with Gasteiger partial charge in [-0.15, -0.1) is 0 Å². The third kappa shape index (κ3) is 3.63. The lowest BCUT2D eigenvalue weighted by Crippen LogP contribution is -2.12. The van der Waals surface area contributed by atoms with E-state index in [2.05, 4.69) is 25.6 Å². The summed E-state index contributed by atoms with van der Waals surface area (Å²) < 4.78 is 18.9. The van der Waals surface area contributed by atoms with Crippen molar-refractivity contribution in [3.05, 3.63) is 75.8 Å². The molecule has 5 rings (SSSR count). The normalized spacial score (nSPS) is 11.2. The number of aromatic nitrogens is 3. The van der Waals surface area contributed by atoms with Crippen molar-refractivity contribution in [3.63, 3.8) is 0 Å². The molecule has 0 spiro atoms. The molecule has 5 aromatic rings. The van der Waals surface area contributed by atoms with E-state index in [-0.39, 0.29) is 5.56 Å². The molecule has 0 unspecified atom stereocenters. The van der Waals surface area contributed by atoms with Crippen LogP contribution in [0.25, 0.3) is 22.1 Å². The Labute approximate surface area is 190 Å². The number of aryl methyl sites for hydroxylation is 1. The molecule has 0 fully saturated rings. The van der Waals surface area contributed by atoms with Crippen LogP contribution in [0.4, 0.5) is 21.7 Å². The largest absolute Gasteiger partial charge is 0.440 e. The van der Waals surface area contributed by atoms with Crippen LogP contribution in [0.15, 0.2) is 52.9 Å². The van der Waals surface area contributed by atoms with Crippen LogP contribution in [-0.2, 0) is 0 Å². The molecule has 10 heteroatoms. The number of para-hydroxylation sites is 1. The number of H-pyrrole nitrogens is 1. The zero-order chi connectivity index (χ0) is 22.4. The summed E-state index contributed by atoms with van der Waals surface area (Å²) in [6.07, 6.45) is 0. The summed E-state index contributed by atoms with van der Waals surface area (Å²) in [5.41, 5.74) is 2.99. The Morgan fingerprint density at radius 3 is 2.50 bits per heavy atom. The first-order valence-electron chi connectivity index (χ1n) is 9.47. The number of imidazole rings is 1. The SMILES string of the molecule is Cc1nc2c(o1)c(C(=O)Nc1ccc(F)cc1)cc1[nH]c(Nc3c(Cl)cccc3Cl)nc12.